The van der Waals surface area contributed by atoms with E-state index in [-0.39, 0.29) is 5.69 Å². The number of carboxylic acids is 1. The highest BCUT2D eigenvalue weighted by Crippen LogP contribution is 2.26. The molecule has 0 atom stereocenters. The molecule has 82 valence electrons. The summed E-state index contributed by atoms with van der Waals surface area (Å²) < 4.78 is 2.26. The van der Waals surface area contributed by atoms with Gasteiger partial charge in [-0.2, -0.15) is 5.10 Å². The van der Waals surface area contributed by atoms with Crippen LogP contribution in [0.4, 0.5) is 0 Å². The third kappa shape index (κ3) is 1.82. The fourth-order valence-electron chi connectivity index (χ4n) is 1.54. The minimum absolute atomic E-state index is 0.0990. The lowest BCUT2D eigenvalue weighted by Gasteiger charge is -2.01. The molecule has 1 aromatic carbocycles. The van der Waals surface area contributed by atoms with E-state index in [0.717, 1.165) is 11.3 Å². The number of carboxylic acid groups (broad SMARTS) is 1. The summed E-state index contributed by atoms with van der Waals surface area (Å²) in [6.07, 6.45) is 0. The molecule has 0 aliphatic heterocycles. The Hall–Kier alpha value is -1.37. The predicted molar refractivity (Wildman–Crippen MR) is 68.3 cm³/mol. The van der Waals surface area contributed by atoms with Gasteiger partial charge < -0.3 is 5.11 Å². The second kappa shape index (κ2) is 4.25. The number of hydrogen-bond donors (Lipinski definition) is 1. The van der Waals surface area contributed by atoms with Crippen molar-refractivity contribution >= 4 is 28.6 Å². The van der Waals surface area contributed by atoms with Crippen molar-refractivity contribution in [2.24, 2.45) is 7.05 Å². The molecule has 1 heterocycles. The van der Waals surface area contributed by atoms with Crippen LogP contribution in [0.5, 0.6) is 0 Å². The topological polar surface area (TPSA) is 55.1 Å². The molecule has 0 aliphatic carbocycles. The summed E-state index contributed by atoms with van der Waals surface area (Å²) in [6, 6.07) is 9.62. The minimum Gasteiger partial charge on any atom is -0.476 e. The van der Waals surface area contributed by atoms with Crippen LogP contribution >= 0.6 is 22.6 Å². The zero-order chi connectivity index (χ0) is 11.7. The maximum atomic E-state index is 10.9. The summed E-state index contributed by atoms with van der Waals surface area (Å²) >= 11 is 2.02. The van der Waals surface area contributed by atoms with E-state index in [1.165, 1.54) is 0 Å². The highest BCUT2D eigenvalue weighted by Gasteiger charge is 2.19. The van der Waals surface area contributed by atoms with E-state index in [9.17, 15) is 4.79 Å². The first-order valence-electron chi connectivity index (χ1n) is 4.62. The van der Waals surface area contributed by atoms with Gasteiger partial charge >= 0.3 is 5.97 Å². The third-order valence-electron chi connectivity index (χ3n) is 2.24. The van der Waals surface area contributed by atoms with Crippen LogP contribution < -0.4 is 0 Å². The minimum atomic E-state index is -0.998. The summed E-state index contributed by atoms with van der Waals surface area (Å²) in [6.45, 7) is 0. The van der Waals surface area contributed by atoms with E-state index >= 15 is 0 Å². The fraction of sp³-hybridized carbons (Fsp3) is 0.0909. The predicted octanol–water partition coefficient (Wildman–Crippen LogP) is 2.39. The van der Waals surface area contributed by atoms with E-state index in [2.05, 4.69) is 5.10 Å². The first kappa shape index (κ1) is 11.1. The molecule has 0 spiro atoms. The lowest BCUT2D eigenvalue weighted by Crippen LogP contribution is -2.00. The average molecular weight is 328 g/mol. The van der Waals surface area contributed by atoms with Gasteiger partial charge in [0.1, 0.15) is 0 Å². The maximum Gasteiger partial charge on any atom is 0.357 e. The third-order valence-corrected chi connectivity index (χ3v) is 3.26. The highest BCUT2D eigenvalue weighted by atomic mass is 127. The molecular weight excluding hydrogens is 319 g/mol. The molecule has 2 aromatic rings. The molecule has 1 N–H and O–H groups in total. The lowest BCUT2D eigenvalue weighted by atomic mass is 10.1. The summed E-state index contributed by atoms with van der Waals surface area (Å²) in [5, 5.41) is 13.0. The molecule has 0 saturated heterocycles. The molecule has 0 fully saturated rings. The van der Waals surface area contributed by atoms with E-state index in [0.29, 0.717) is 3.57 Å². The number of carbonyl (C=O) groups is 1. The average Bonchev–Trinajstić information content (AvgIpc) is 2.56. The Balaban J connectivity index is 2.63. The van der Waals surface area contributed by atoms with Crippen molar-refractivity contribution in [1.29, 1.82) is 0 Å². The van der Waals surface area contributed by atoms with Gasteiger partial charge in [0.05, 0.1) is 9.26 Å². The van der Waals surface area contributed by atoms with Crippen LogP contribution in [0.15, 0.2) is 30.3 Å². The first-order chi connectivity index (χ1) is 7.61. The Morgan fingerprint density at radius 3 is 2.50 bits per heavy atom. The van der Waals surface area contributed by atoms with Gasteiger partial charge in [0, 0.05) is 12.6 Å². The largest absolute Gasteiger partial charge is 0.476 e. The highest BCUT2D eigenvalue weighted by molar-refractivity contribution is 14.1. The molecule has 0 unspecified atom stereocenters. The van der Waals surface area contributed by atoms with Crippen molar-refractivity contribution in [3.05, 3.63) is 39.6 Å². The number of nitrogens with zero attached hydrogens (tertiary/aromatic N) is 2. The van der Waals surface area contributed by atoms with E-state index < -0.39 is 5.97 Å². The Labute approximate surface area is 106 Å². The first-order valence-corrected chi connectivity index (χ1v) is 5.70. The summed E-state index contributed by atoms with van der Waals surface area (Å²) in [4.78, 5) is 10.9. The van der Waals surface area contributed by atoms with E-state index in [1.54, 1.807) is 11.7 Å². The smallest absolute Gasteiger partial charge is 0.357 e. The molecule has 0 aliphatic rings. The van der Waals surface area contributed by atoms with Crippen LogP contribution in [0, 0.1) is 3.57 Å². The van der Waals surface area contributed by atoms with Crippen LogP contribution in [0.25, 0.3) is 11.3 Å². The standard InChI is InChI=1S/C11H9IN2O2/c1-14-10(7-5-3-2-4-6-7)8(12)9(13-14)11(15)16/h2-6H,1H3,(H,15,16). The van der Waals surface area contributed by atoms with E-state index in [1.807, 2.05) is 52.9 Å². The van der Waals surface area contributed by atoms with Crippen molar-refractivity contribution in [2.45, 2.75) is 0 Å². The van der Waals surface area contributed by atoms with E-state index in [4.69, 9.17) is 5.11 Å². The molecule has 0 bridgehead atoms. The Morgan fingerprint density at radius 1 is 1.38 bits per heavy atom. The number of aromatic nitrogens is 2. The Kier molecular flexibility index (Phi) is 2.95. The Morgan fingerprint density at radius 2 is 2.00 bits per heavy atom. The number of benzene rings is 1. The van der Waals surface area contributed by atoms with Gasteiger partial charge in [-0.15, -0.1) is 0 Å². The second-order valence-electron chi connectivity index (χ2n) is 3.31. The van der Waals surface area contributed by atoms with Gasteiger partial charge in [0.15, 0.2) is 5.69 Å². The number of halogens is 1. The fourth-order valence-corrected chi connectivity index (χ4v) is 2.54. The number of hydrogen-bond acceptors (Lipinski definition) is 2. The summed E-state index contributed by atoms with van der Waals surface area (Å²) in [5.74, 6) is -0.998. The Bertz CT molecular complexity index is 534. The lowest BCUT2D eigenvalue weighted by molar-refractivity contribution is 0.0688. The van der Waals surface area contributed by atoms with Crippen LogP contribution in [0.3, 0.4) is 0 Å². The van der Waals surface area contributed by atoms with Crippen LogP contribution in [-0.2, 0) is 7.05 Å². The molecular formula is C11H9IN2O2. The maximum absolute atomic E-state index is 10.9. The van der Waals surface area contributed by atoms with Crippen LogP contribution in [-0.4, -0.2) is 20.9 Å². The molecule has 0 saturated carbocycles. The number of aromatic carboxylic acids is 1. The summed E-state index contributed by atoms with van der Waals surface area (Å²) in [7, 11) is 1.75. The second-order valence-corrected chi connectivity index (χ2v) is 4.38. The number of aryl methyl sites for hydroxylation is 1. The van der Waals surface area contributed by atoms with Crippen molar-refractivity contribution < 1.29 is 9.90 Å². The van der Waals surface area contributed by atoms with Crippen molar-refractivity contribution in [3.63, 3.8) is 0 Å². The summed E-state index contributed by atoms with van der Waals surface area (Å²) in [5.41, 5.74) is 1.90. The van der Waals surface area contributed by atoms with Gasteiger partial charge in [-0.3, -0.25) is 4.68 Å². The van der Waals surface area contributed by atoms with Gasteiger partial charge in [-0.25, -0.2) is 4.79 Å². The van der Waals surface area contributed by atoms with Crippen molar-refractivity contribution in [3.8, 4) is 11.3 Å². The van der Waals surface area contributed by atoms with Crippen molar-refractivity contribution in [2.75, 3.05) is 0 Å². The van der Waals surface area contributed by atoms with Gasteiger partial charge in [0.25, 0.3) is 0 Å². The molecule has 0 amide bonds. The van der Waals surface area contributed by atoms with Gasteiger partial charge in [-0.1, -0.05) is 30.3 Å². The normalized spacial score (nSPS) is 10.4. The number of rotatable bonds is 2. The van der Waals surface area contributed by atoms with Crippen molar-refractivity contribution in [1.82, 2.24) is 9.78 Å². The monoisotopic (exact) mass is 328 g/mol. The molecule has 5 heteroatoms. The zero-order valence-corrected chi connectivity index (χ0v) is 10.7. The van der Waals surface area contributed by atoms with Gasteiger partial charge in [0.2, 0.25) is 0 Å². The molecule has 16 heavy (non-hydrogen) atoms. The molecule has 2 rings (SSSR count). The van der Waals surface area contributed by atoms with Crippen LogP contribution in [0.1, 0.15) is 10.5 Å². The zero-order valence-electron chi connectivity index (χ0n) is 8.51. The van der Waals surface area contributed by atoms with Crippen LogP contribution in [0.2, 0.25) is 0 Å². The SMILES string of the molecule is Cn1nc(C(=O)O)c(I)c1-c1ccccc1. The quantitative estimate of drug-likeness (QED) is 0.862. The molecule has 1 aromatic heterocycles. The molecule has 0 radical (unpaired) electrons. The van der Waals surface area contributed by atoms with Gasteiger partial charge in [-0.05, 0) is 22.6 Å². The molecule has 4 nitrogen and oxygen atoms in total.